The Kier molecular flexibility index (Phi) is 6.24. The Labute approximate surface area is 182 Å². The zero-order chi connectivity index (χ0) is 22.0. The van der Waals surface area contributed by atoms with Gasteiger partial charge < -0.3 is 25.6 Å². The van der Waals surface area contributed by atoms with Gasteiger partial charge in [0.25, 0.3) is 5.91 Å². The van der Waals surface area contributed by atoms with Gasteiger partial charge in [0.1, 0.15) is 0 Å². The van der Waals surface area contributed by atoms with E-state index in [4.69, 9.17) is 4.74 Å². The molecule has 0 aliphatic carbocycles. The summed E-state index contributed by atoms with van der Waals surface area (Å²) in [7, 11) is 1.65. The Morgan fingerprint density at radius 2 is 2.00 bits per heavy atom. The molecule has 0 atom stereocenters. The molecule has 3 N–H and O–H groups in total. The molecule has 1 aromatic heterocycles. The molecule has 9 nitrogen and oxygen atoms in total. The number of fused-ring (bicyclic) bond motifs is 1. The fourth-order valence-corrected chi connectivity index (χ4v) is 3.91. The molecule has 1 aromatic carbocycles. The van der Waals surface area contributed by atoms with Crippen molar-refractivity contribution >= 4 is 17.6 Å². The van der Waals surface area contributed by atoms with Crippen molar-refractivity contribution in [3.8, 4) is 0 Å². The maximum atomic E-state index is 12.8. The molecule has 2 aromatic rings. The number of hydrogen-bond acceptors (Lipinski definition) is 5. The molecule has 0 radical (unpaired) electrons. The number of carbonyl (C=O) groups is 2. The minimum Gasteiger partial charge on any atom is -0.378 e. The van der Waals surface area contributed by atoms with Crippen molar-refractivity contribution in [3.05, 3.63) is 46.8 Å². The maximum absolute atomic E-state index is 12.8. The average Bonchev–Trinajstić information content (AvgIpc) is 3.12. The van der Waals surface area contributed by atoms with Crippen LogP contribution in [0.15, 0.2) is 24.3 Å². The van der Waals surface area contributed by atoms with Crippen LogP contribution >= 0.6 is 0 Å². The van der Waals surface area contributed by atoms with E-state index >= 15 is 0 Å². The van der Waals surface area contributed by atoms with Crippen LogP contribution in [0.4, 0.5) is 10.5 Å². The molecule has 0 spiro atoms. The number of nitrogens with zero attached hydrogens (tertiary/aromatic N) is 3. The highest BCUT2D eigenvalue weighted by Crippen LogP contribution is 2.22. The number of anilines is 1. The molecule has 0 bridgehead atoms. The minimum atomic E-state index is -0.165. The first-order chi connectivity index (χ1) is 15.0. The maximum Gasteiger partial charge on any atom is 0.322 e. The van der Waals surface area contributed by atoms with Crippen molar-refractivity contribution < 1.29 is 14.3 Å². The molecule has 2 aliphatic heterocycles. The first-order valence-electron chi connectivity index (χ1n) is 10.7. The van der Waals surface area contributed by atoms with Crippen LogP contribution in [-0.2, 0) is 24.2 Å². The third kappa shape index (κ3) is 4.57. The molecule has 166 valence electrons. The lowest BCUT2D eigenvalue weighted by molar-refractivity contribution is -0.00465. The van der Waals surface area contributed by atoms with Crippen molar-refractivity contribution in [1.82, 2.24) is 25.3 Å². The molecule has 2 aliphatic rings. The Morgan fingerprint density at radius 1 is 1.26 bits per heavy atom. The van der Waals surface area contributed by atoms with Crippen LogP contribution in [0.3, 0.4) is 0 Å². The highest BCUT2D eigenvalue weighted by Gasteiger charge is 2.30. The molecule has 31 heavy (non-hydrogen) atoms. The number of urea groups is 1. The van der Waals surface area contributed by atoms with Crippen molar-refractivity contribution in [3.63, 3.8) is 0 Å². The first-order valence-corrected chi connectivity index (χ1v) is 10.7. The van der Waals surface area contributed by atoms with E-state index < -0.39 is 0 Å². The summed E-state index contributed by atoms with van der Waals surface area (Å²) in [4.78, 5) is 26.7. The lowest BCUT2D eigenvalue weighted by atomic mass is 10.1. The van der Waals surface area contributed by atoms with Gasteiger partial charge in [0.2, 0.25) is 0 Å². The third-order valence-corrected chi connectivity index (χ3v) is 5.79. The summed E-state index contributed by atoms with van der Waals surface area (Å²) in [5.74, 6) is -0.165. The molecular formula is C22H30N6O3. The second kappa shape index (κ2) is 9.07. The van der Waals surface area contributed by atoms with Gasteiger partial charge in [-0.2, -0.15) is 5.10 Å². The predicted molar refractivity (Wildman–Crippen MR) is 117 cm³/mol. The second-order valence-electron chi connectivity index (χ2n) is 8.31. The molecule has 3 amide bonds. The lowest BCUT2D eigenvalue weighted by Gasteiger charge is -2.37. The quantitative estimate of drug-likeness (QED) is 0.655. The van der Waals surface area contributed by atoms with Crippen LogP contribution in [-0.4, -0.2) is 59.5 Å². The van der Waals surface area contributed by atoms with Crippen LogP contribution in [0.1, 0.15) is 47.2 Å². The zero-order valence-corrected chi connectivity index (χ0v) is 18.3. The number of amides is 3. The van der Waals surface area contributed by atoms with E-state index in [0.717, 1.165) is 35.5 Å². The van der Waals surface area contributed by atoms with E-state index in [1.807, 2.05) is 28.9 Å². The number of rotatable bonds is 6. The standard InChI is InChI=1S/C22H30N6O3/c1-14(2)28-19-8-9-23-11-18(19)20(26-28)21(29)24-10-15-4-6-16(7-5-15)25-22(30)27-12-17(13-27)31-3/h4-7,14,17,23H,8-13H2,1-3H3,(H,24,29)(H,25,30). The predicted octanol–water partition coefficient (Wildman–Crippen LogP) is 1.90. The molecular weight excluding hydrogens is 396 g/mol. The topological polar surface area (TPSA) is 101 Å². The number of likely N-dealkylation sites (tertiary alicyclic amines) is 1. The molecule has 1 fully saturated rings. The molecule has 0 saturated carbocycles. The largest absolute Gasteiger partial charge is 0.378 e. The van der Waals surface area contributed by atoms with E-state index in [1.54, 1.807) is 12.0 Å². The molecule has 0 unspecified atom stereocenters. The van der Waals surface area contributed by atoms with Crippen LogP contribution in [0.2, 0.25) is 0 Å². The summed E-state index contributed by atoms with van der Waals surface area (Å²) in [5.41, 5.74) is 4.32. The van der Waals surface area contributed by atoms with E-state index in [2.05, 4.69) is 34.9 Å². The normalized spacial score (nSPS) is 16.1. The van der Waals surface area contributed by atoms with Crippen LogP contribution < -0.4 is 16.0 Å². The SMILES string of the molecule is COC1CN(C(=O)Nc2ccc(CNC(=O)c3nn(C(C)C)c4c3CNCC4)cc2)C1. The summed E-state index contributed by atoms with van der Waals surface area (Å²) in [6.45, 7) is 7.34. The van der Waals surface area contributed by atoms with E-state index in [-0.39, 0.29) is 24.1 Å². The number of nitrogens with one attached hydrogen (secondary N) is 3. The van der Waals surface area contributed by atoms with Gasteiger partial charge >= 0.3 is 6.03 Å². The number of aromatic nitrogens is 2. The number of carbonyl (C=O) groups excluding carboxylic acids is 2. The lowest BCUT2D eigenvalue weighted by Crippen LogP contribution is -2.55. The van der Waals surface area contributed by atoms with Crippen LogP contribution in [0.25, 0.3) is 0 Å². The number of benzene rings is 1. The first kappa shape index (κ1) is 21.3. The van der Waals surface area contributed by atoms with Gasteiger partial charge in [-0.3, -0.25) is 9.48 Å². The van der Waals surface area contributed by atoms with Crippen molar-refractivity contribution in [2.75, 3.05) is 32.1 Å². The molecule has 3 heterocycles. The highest BCUT2D eigenvalue weighted by molar-refractivity contribution is 5.94. The monoisotopic (exact) mass is 426 g/mol. The van der Waals surface area contributed by atoms with Gasteiger partial charge in [-0.25, -0.2) is 4.79 Å². The van der Waals surface area contributed by atoms with E-state index in [0.29, 0.717) is 31.9 Å². The van der Waals surface area contributed by atoms with Gasteiger partial charge in [0.15, 0.2) is 5.69 Å². The number of ether oxygens (including phenoxy) is 1. The average molecular weight is 427 g/mol. The highest BCUT2D eigenvalue weighted by atomic mass is 16.5. The second-order valence-corrected chi connectivity index (χ2v) is 8.31. The van der Waals surface area contributed by atoms with Crippen molar-refractivity contribution in [1.29, 1.82) is 0 Å². The molecule has 1 saturated heterocycles. The molecule has 9 heteroatoms. The fourth-order valence-electron chi connectivity index (χ4n) is 3.91. The van der Waals surface area contributed by atoms with E-state index in [1.165, 1.54) is 0 Å². The summed E-state index contributed by atoms with van der Waals surface area (Å²) in [6.07, 6.45) is 1.01. The van der Waals surface area contributed by atoms with E-state index in [9.17, 15) is 9.59 Å². The number of hydrogen-bond donors (Lipinski definition) is 3. The fraction of sp³-hybridized carbons (Fsp3) is 0.500. The van der Waals surface area contributed by atoms with Gasteiger partial charge in [-0.15, -0.1) is 0 Å². The Balaban J connectivity index is 1.33. The third-order valence-electron chi connectivity index (χ3n) is 5.79. The van der Waals surface area contributed by atoms with Gasteiger partial charge in [0, 0.05) is 56.2 Å². The minimum absolute atomic E-state index is 0.130. The van der Waals surface area contributed by atoms with Gasteiger partial charge in [0.05, 0.1) is 19.2 Å². The Morgan fingerprint density at radius 3 is 2.68 bits per heavy atom. The molecule has 4 rings (SSSR count). The Hall–Kier alpha value is -2.91. The van der Waals surface area contributed by atoms with Gasteiger partial charge in [-0.1, -0.05) is 12.1 Å². The van der Waals surface area contributed by atoms with Crippen LogP contribution in [0, 0.1) is 0 Å². The van der Waals surface area contributed by atoms with Crippen LogP contribution in [0.5, 0.6) is 0 Å². The zero-order valence-electron chi connectivity index (χ0n) is 18.3. The van der Waals surface area contributed by atoms with Crippen molar-refractivity contribution in [2.24, 2.45) is 0 Å². The Bertz CT molecular complexity index is 947. The number of methoxy groups -OCH3 is 1. The summed E-state index contributed by atoms with van der Waals surface area (Å²) in [6, 6.07) is 7.56. The summed E-state index contributed by atoms with van der Waals surface area (Å²) >= 11 is 0. The van der Waals surface area contributed by atoms with Gasteiger partial charge in [-0.05, 0) is 31.5 Å². The smallest absolute Gasteiger partial charge is 0.322 e. The summed E-state index contributed by atoms with van der Waals surface area (Å²) < 4.78 is 7.16. The van der Waals surface area contributed by atoms with Crippen molar-refractivity contribution in [2.45, 2.75) is 45.5 Å². The summed E-state index contributed by atoms with van der Waals surface area (Å²) in [5, 5.41) is 13.8.